The number of H-pyrrole nitrogens is 1. The first-order valence-corrected chi connectivity index (χ1v) is 12.5. The number of halogens is 2. The standard InChI is InChI=1S/C10H15F2N2O13P3S/c1-9(11)6(16)10(12,25-7(9)14-3-2-5(15)13-8(14)31)4-24-29(20,21)27-30(22,23)26-28(17,18)19/h2-3,6-7,16H,4H2,1H3,(H,20,21)(H,22,23)(H,13,15,31)(H2,17,18,19)/t6?,7-,9-,10-/m1/s1. The van der Waals surface area contributed by atoms with Crippen LogP contribution in [0.25, 0.3) is 0 Å². The second kappa shape index (κ2) is 8.57. The largest absolute Gasteiger partial charge is 0.490 e. The highest BCUT2D eigenvalue weighted by molar-refractivity contribution is 7.71. The first kappa shape index (κ1) is 26.5. The SMILES string of the molecule is C[C@@]1(F)C(O)[C@@](F)(COP(=O)(O)OP(=O)(O)OP(=O)(O)O)O[C@H]1n1ccc(=O)[nH]c1=S. The molecule has 6 atom stereocenters. The summed E-state index contributed by atoms with van der Waals surface area (Å²) in [6.07, 6.45) is -3.78. The van der Waals surface area contributed by atoms with E-state index in [0.717, 1.165) is 16.8 Å². The van der Waals surface area contributed by atoms with Gasteiger partial charge in [-0.25, -0.2) is 22.5 Å². The number of hydrogen-bond donors (Lipinski definition) is 6. The van der Waals surface area contributed by atoms with Crippen LogP contribution in [0.15, 0.2) is 17.1 Å². The lowest BCUT2D eigenvalue weighted by Crippen LogP contribution is -2.46. The fraction of sp³-hybridized carbons (Fsp3) is 0.600. The van der Waals surface area contributed by atoms with E-state index in [1.54, 1.807) is 0 Å². The van der Waals surface area contributed by atoms with Gasteiger partial charge >= 0.3 is 23.5 Å². The van der Waals surface area contributed by atoms with Crippen molar-refractivity contribution >= 4 is 35.7 Å². The monoisotopic (exact) mass is 534 g/mol. The van der Waals surface area contributed by atoms with E-state index in [-0.39, 0.29) is 0 Å². The van der Waals surface area contributed by atoms with Crippen LogP contribution in [0.3, 0.4) is 0 Å². The minimum Gasteiger partial charge on any atom is -0.384 e. The number of nitrogens with zero attached hydrogens (tertiary/aromatic N) is 1. The molecule has 1 aliphatic heterocycles. The van der Waals surface area contributed by atoms with Crippen molar-refractivity contribution in [1.29, 1.82) is 0 Å². The molecule has 0 spiro atoms. The summed E-state index contributed by atoms with van der Waals surface area (Å²) < 4.78 is 79.6. The quantitative estimate of drug-likeness (QED) is 0.198. The van der Waals surface area contributed by atoms with E-state index >= 15 is 8.78 Å². The number of aliphatic hydroxyl groups is 1. The number of alkyl halides is 2. The third kappa shape index (κ3) is 6.42. The summed E-state index contributed by atoms with van der Waals surface area (Å²) in [7, 11) is -17.3. The van der Waals surface area contributed by atoms with Crippen molar-refractivity contribution in [1.82, 2.24) is 9.55 Å². The average Bonchev–Trinajstić information content (AvgIpc) is 2.71. The summed E-state index contributed by atoms with van der Waals surface area (Å²) in [5.74, 6) is -3.57. The van der Waals surface area contributed by atoms with Crippen LogP contribution in [0.4, 0.5) is 8.78 Å². The van der Waals surface area contributed by atoms with E-state index in [0.29, 0.717) is 6.92 Å². The number of aromatic amines is 1. The van der Waals surface area contributed by atoms with Crippen LogP contribution in [0.1, 0.15) is 13.2 Å². The molecule has 2 heterocycles. The lowest BCUT2D eigenvalue weighted by atomic mass is 9.97. The Labute approximate surface area is 175 Å². The lowest BCUT2D eigenvalue weighted by Gasteiger charge is -2.25. The van der Waals surface area contributed by atoms with Gasteiger partial charge in [-0.05, 0) is 19.1 Å². The maximum Gasteiger partial charge on any atom is 0.490 e. The Bertz CT molecular complexity index is 1100. The Hall–Kier alpha value is -0.710. The normalized spacial score (nSPS) is 33.0. The van der Waals surface area contributed by atoms with Crippen LogP contribution in [-0.2, 0) is 31.6 Å². The zero-order chi connectivity index (χ0) is 24.0. The summed E-state index contributed by atoms with van der Waals surface area (Å²) in [6, 6.07) is 0.881. The van der Waals surface area contributed by atoms with Gasteiger partial charge < -0.3 is 29.4 Å². The first-order valence-electron chi connectivity index (χ1n) is 7.62. The third-order valence-corrected chi connectivity index (χ3v) is 7.77. The number of aromatic nitrogens is 2. The highest BCUT2D eigenvalue weighted by Gasteiger charge is 2.65. The van der Waals surface area contributed by atoms with Crippen LogP contribution < -0.4 is 5.56 Å². The number of ether oxygens (including phenoxy) is 1. The molecular weight excluding hydrogens is 519 g/mol. The summed E-state index contributed by atoms with van der Waals surface area (Å²) in [5, 5.41) is 10.0. The van der Waals surface area contributed by atoms with Crippen molar-refractivity contribution in [3.05, 3.63) is 27.4 Å². The van der Waals surface area contributed by atoms with Gasteiger partial charge in [0.25, 0.3) is 11.4 Å². The van der Waals surface area contributed by atoms with Crippen molar-refractivity contribution < 1.29 is 65.0 Å². The minimum atomic E-state index is -5.88. The van der Waals surface area contributed by atoms with Crippen LogP contribution >= 0.6 is 35.7 Å². The number of phosphoric acid groups is 3. The van der Waals surface area contributed by atoms with Gasteiger partial charge in [-0.3, -0.25) is 18.9 Å². The summed E-state index contributed by atoms with van der Waals surface area (Å²) in [5.41, 5.74) is -3.63. The number of rotatable bonds is 8. The predicted octanol–water partition coefficient (Wildman–Crippen LogP) is 0.533. The molecule has 0 aromatic carbocycles. The lowest BCUT2D eigenvalue weighted by molar-refractivity contribution is -0.204. The molecule has 3 unspecified atom stereocenters. The van der Waals surface area contributed by atoms with Gasteiger partial charge in [0.15, 0.2) is 22.8 Å². The molecule has 0 aliphatic carbocycles. The van der Waals surface area contributed by atoms with Crippen molar-refractivity contribution in [2.24, 2.45) is 0 Å². The molecule has 1 aromatic rings. The van der Waals surface area contributed by atoms with Gasteiger partial charge in [-0.15, -0.1) is 0 Å². The Morgan fingerprint density at radius 1 is 1.23 bits per heavy atom. The molecule has 6 N–H and O–H groups in total. The molecule has 1 aromatic heterocycles. The smallest absolute Gasteiger partial charge is 0.384 e. The van der Waals surface area contributed by atoms with E-state index in [1.807, 2.05) is 0 Å². The van der Waals surface area contributed by atoms with E-state index < -0.39 is 64.3 Å². The van der Waals surface area contributed by atoms with Crippen molar-refractivity contribution in [3.63, 3.8) is 0 Å². The molecule has 21 heteroatoms. The zero-order valence-corrected chi connectivity index (χ0v) is 18.5. The fourth-order valence-electron chi connectivity index (χ4n) is 2.45. The predicted molar refractivity (Wildman–Crippen MR) is 95.2 cm³/mol. The minimum absolute atomic E-state index is 0.425. The zero-order valence-electron chi connectivity index (χ0n) is 15.0. The van der Waals surface area contributed by atoms with Gasteiger partial charge in [0, 0.05) is 12.3 Å². The van der Waals surface area contributed by atoms with Gasteiger partial charge in [-0.2, -0.15) is 8.62 Å². The maximum atomic E-state index is 15.1. The molecule has 0 saturated carbocycles. The Morgan fingerprint density at radius 2 is 1.81 bits per heavy atom. The highest BCUT2D eigenvalue weighted by Crippen LogP contribution is 2.66. The molecule has 15 nitrogen and oxygen atoms in total. The molecule has 31 heavy (non-hydrogen) atoms. The van der Waals surface area contributed by atoms with Gasteiger partial charge in [0.1, 0.15) is 6.61 Å². The molecule has 2 rings (SSSR count). The summed E-state index contributed by atoms with van der Waals surface area (Å²) in [4.78, 5) is 48.6. The van der Waals surface area contributed by atoms with E-state index in [9.17, 15) is 28.5 Å². The van der Waals surface area contributed by atoms with E-state index in [4.69, 9.17) is 31.6 Å². The number of hydrogen-bond acceptors (Lipinski definition) is 10. The second-order valence-electron chi connectivity index (χ2n) is 6.19. The molecule has 1 saturated heterocycles. The van der Waals surface area contributed by atoms with Gasteiger partial charge in [-0.1, -0.05) is 0 Å². The van der Waals surface area contributed by atoms with E-state index in [1.165, 1.54) is 0 Å². The van der Waals surface area contributed by atoms with Crippen LogP contribution in [0, 0.1) is 4.77 Å². The first-order chi connectivity index (χ1) is 13.8. The second-order valence-corrected chi connectivity index (χ2v) is 11.0. The average molecular weight is 534 g/mol. The Kier molecular flexibility index (Phi) is 7.34. The molecule has 1 aliphatic rings. The number of aliphatic hydroxyl groups excluding tert-OH is 1. The van der Waals surface area contributed by atoms with Gasteiger partial charge in [0.2, 0.25) is 0 Å². The van der Waals surface area contributed by atoms with Crippen LogP contribution in [0.2, 0.25) is 0 Å². The number of nitrogens with one attached hydrogen (secondary N) is 1. The fourth-order valence-corrected chi connectivity index (χ4v) is 5.74. The highest BCUT2D eigenvalue weighted by atomic mass is 32.1. The molecule has 0 bridgehead atoms. The molecule has 0 radical (unpaired) electrons. The van der Waals surface area contributed by atoms with Crippen molar-refractivity contribution in [3.8, 4) is 0 Å². The molecule has 0 amide bonds. The Morgan fingerprint density at radius 3 is 2.32 bits per heavy atom. The third-order valence-electron chi connectivity index (χ3n) is 3.68. The van der Waals surface area contributed by atoms with Crippen molar-refractivity contribution in [2.75, 3.05) is 6.61 Å². The van der Waals surface area contributed by atoms with Crippen LogP contribution in [0.5, 0.6) is 0 Å². The number of phosphoric ester groups is 1. The maximum absolute atomic E-state index is 15.1. The molecule has 1 fully saturated rings. The van der Waals surface area contributed by atoms with Crippen LogP contribution in [-0.4, -0.2) is 58.5 Å². The topological polar surface area (TPSA) is 227 Å². The van der Waals surface area contributed by atoms with Gasteiger partial charge in [0.05, 0.1) is 0 Å². The Balaban J connectivity index is 2.22. The summed E-state index contributed by atoms with van der Waals surface area (Å²) >= 11 is 4.80. The molecular formula is C10H15F2N2O13P3S. The summed E-state index contributed by atoms with van der Waals surface area (Å²) in [6.45, 7) is -1.09. The molecule has 178 valence electrons. The van der Waals surface area contributed by atoms with E-state index in [2.05, 4.69) is 18.1 Å². The van der Waals surface area contributed by atoms with Crippen molar-refractivity contribution in [2.45, 2.75) is 30.8 Å².